The van der Waals surface area contributed by atoms with Crippen LogP contribution >= 0.6 is 0 Å². The molecule has 1 aliphatic rings. The van der Waals surface area contributed by atoms with Crippen molar-refractivity contribution >= 4 is 11.8 Å². The van der Waals surface area contributed by atoms with Crippen LogP contribution in [0.2, 0.25) is 0 Å². The van der Waals surface area contributed by atoms with E-state index >= 15 is 0 Å². The van der Waals surface area contributed by atoms with Crippen LogP contribution in [0.4, 0.5) is 0 Å². The number of hydrogen-bond donors (Lipinski definition) is 1. The highest BCUT2D eigenvalue weighted by atomic mass is 16.5. The van der Waals surface area contributed by atoms with Gasteiger partial charge in [-0.1, -0.05) is 30.3 Å². The van der Waals surface area contributed by atoms with Gasteiger partial charge in [0.1, 0.15) is 5.75 Å². The number of aryl methyl sites for hydroxylation is 1. The van der Waals surface area contributed by atoms with Crippen molar-refractivity contribution in [1.29, 1.82) is 0 Å². The summed E-state index contributed by atoms with van der Waals surface area (Å²) in [7, 11) is 0. The normalized spacial score (nSPS) is 15.2. The molecule has 0 saturated carbocycles. The Morgan fingerprint density at radius 3 is 2.21 bits per heavy atom. The first kappa shape index (κ1) is 19.9. The van der Waals surface area contributed by atoms with E-state index in [1.165, 1.54) is 0 Å². The number of para-hydroxylation sites is 1. The van der Waals surface area contributed by atoms with Crippen molar-refractivity contribution in [3.63, 3.8) is 0 Å². The molecule has 2 N–H and O–H groups in total. The first-order chi connectivity index (χ1) is 13.5. The molecule has 1 aliphatic heterocycles. The van der Waals surface area contributed by atoms with Crippen molar-refractivity contribution in [2.45, 2.75) is 26.5 Å². The van der Waals surface area contributed by atoms with Crippen molar-refractivity contribution in [2.75, 3.05) is 26.2 Å². The second-order valence-electron chi connectivity index (χ2n) is 7.04. The van der Waals surface area contributed by atoms with Crippen LogP contribution in [-0.4, -0.2) is 53.9 Å². The number of carbonyl (C=O) groups excluding carboxylic acids is 2. The topological polar surface area (TPSA) is 75.9 Å². The van der Waals surface area contributed by atoms with E-state index in [4.69, 9.17) is 10.5 Å². The van der Waals surface area contributed by atoms with Gasteiger partial charge in [0.2, 0.25) is 0 Å². The molecule has 6 nitrogen and oxygen atoms in total. The zero-order chi connectivity index (χ0) is 20.1. The zero-order valence-corrected chi connectivity index (χ0v) is 16.4. The summed E-state index contributed by atoms with van der Waals surface area (Å²) < 4.78 is 5.84. The van der Waals surface area contributed by atoms with Crippen molar-refractivity contribution in [3.05, 3.63) is 65.2 Å². The van der Waals surface area contributed by atoms with E-state index < -0.39 is 6.10 Å². The fraction of sp³-hybridized carbons (Fsp3) is 0.364. The Kier molecular flexibility index (Phi) is 6.31. The summed E-state index contributed by atoms with van der Waals surface area (Å²) in [5.74, 6) is 0.653. The van der Waals surface area contributed by atoms with Gasteiger partial charge in [-0.2, -0.15) is 0 Å². The lowest BCUT2D eigenvalue weighted by Gasteiger charge is -2.36. The summed E-state index contributed by atoms with van der Waals surface area (Å²) in [5.41, 5.74) is 8.24. The van der Waals surface area contributed by atoms with Gasteiger partial charge < -0.3 is 20.3 Å². The number of amides is 2. The Hall–Kier alpha value is -2.86. The first-order valence-electron chi connectivity index (χ1n) is 9.59. The third-order valence-electron chi connectivity index (χ3n) is 5.06. The second kappa shape index (κ2) is 8.89. The fourth-order valence-electron chi connectivity index (χ4n) is 3.28. The lowest BCUT2D eigenvalue weighted by Crippen LogP contribution is -2.53. The molecule has 0 aliphatic carbocycles. The molecule has 1 heterocycles. The monoisotopic (exact) mass is 381 g/mol. The SMILES string of the molecule is Cc1ccccc1OC(C)C(=O)N1CCN(C(=O)c2ccc(CN)cc2)CC1. The molecule has 6 heteroatoms. The van der Waals surface area contributed by atoms with E-state index in [9.17, 15) is 9.59 Å². The van der Waals surface area contributed by atoms with Gasteiger partial charge in [0.15, 0.2) is 6.10 Å². The number of piperazine rings is 1. The molecule has 1 fully saturated rings. The molecule has 0 bridgehead atoms. The van der Waals surface area contributed by atoms with E-state index in [2.05, 4.69) is 0 Å². The molecule has 148 valence electrons. The molecule has 2 amide bonds. The van der Waals surface area contributed by atoms with Gasteiger partial charge in [0.25, 0.3) is 11.8 Å². The molecule has 1 unspecified atom stereocenters. The standard InChI is InChI=1S/C22H27N3O3/c1-16-5-3-4-6-20(16)28-17(2)21(26)24-11-13-25(14-12-24)22(27)19-9-7-18(15-23)8-10-19/h3-10,17H,11-15,23H2,1-2H3. The Morgan fingerprint density at radius 1 is 1.00 bits per heavy atom. The summed E-state index contributed by atoms with van der Waals surface area (Å²) in [6.45, 7) is 6.22. The highest BCUT2D eigenvalue weighted by Crippen LogP contribution is 2.19. The van der Waals surface area contributed by atoms with E-state index in [1.54, 1.807) is 28.9 Å². The Morgan fingerprint density at radius 2 is 1.61 bits per heavy atom. The van der Waals surface area contributed by atoms with E-state index in [0.717, 1.165) is 16.9 Å². The molecule has 0 aromatic heterocycles. The predicted molar refractivity (Wildman–Crippen MR) is 108 cm³/mol. The molecule has 2 aromatic carbocycles. The molecular formula is C22H27N3O3. The largest absolute Gasteiger partial charge is 0.481 e. The van der Waals surface area contributed by atoms with Crippen LogP contribution in [0.5, 0.6) is 5.75 Å². The Balaban J connectivity index is 1.54. The Labute approximate surface area is 165 Å². The maximum Gasteiger partial charge on any atom is 0.263 e. The van der Waals surface area contributed by atoms with Gasteiger partial charge in [-0.05, 0) is 43.2 Å². The molecule has 0 spiro atoms. The van der Waals surface area contributed by atoms with Crippen LogP contribution in [0.25, 0.3) is 0 Å². The molecule has 0 radical (unpaired) electrons. The van der Waals surface area contributed by atoms with Crippen molar-refractivity contribution in [1.82, 2.24) is 9.80 Å². The van der Waals surface area contributed by atoms with Crippen LogP contribution in [-0.2, 0) is 11.3 Å². The van der Waals surface area contributed by atoms with Gasteiger partial charge in [0, 0.05) is 38.3 Å². The smallest absolute Gasteiger partial charge is 0.263 e. The minimum Gasteiger partial charge on any atom is -0.481 e. The van der Waals surface area contributed by atoms with E-state index in [0.29, 0.717) is 38.3 Å². The number of rotatable bonds is 5. The number of nitrogens with zero attached hydrogens (tertiary/aromatic N) is 2. The highest BCUT2D eigenvalue weighted by molar-refractivity contribution is 5.94. The first-order valence-corrected chi connectivity index (χ1v) is 9.59. The minimum absolute atomic E-state index is 0.0140. The summed E-state index contributed by atoms with van der Waals surface area (Å²) in [6, 6.07) is 15.0. The van der Waals surface area contributed by atoms with Crippen LogP contribution < -0.4 is 10.5 Å². The van der Waals surface area contributed by atoms with Gasteiger partial charge in [-0.3, -0.25) is 9.59 Å². The van der Waals surface area contributed by atoms with Crippen molar-refractivity contribution in [3.8, 4) is 5.75 Å². The van der Waals surface area contributed by atoms with E-state index in [-0.39, 0.29) is 11.8 Å². The number of carbonyl (C=O) groups is 2. The quantitative estimate of drug-likeness (QED) is 0.862. The molecule has 1 atom stereocenters. The zero-order valence-electron chi connectivity index (χ0n) is 16.4. The summed E-state index contributed by atoms with van der Waals surface area (Å²) in [5, 5.41) is 0. The van der Waals surface area contributed by atoms with E-state index in [1.807, 2.05) is 43.3 Å². The predicted octanol–water partition coefficient (Wildman–Crippen LogP) is 2.21. The van der Waals surface area contributed by atoms with Crippen molar-refractivity contribution < 1.29 is 14.3 Å². The summed E-state index contributed by atoms with van der Waals surface area (Å²) >= 11 is 0. The van der Waals surface area contributed by atoms with Gasteiger partial charge in [-0.25, -0.2) is 0 Å². The maximum absolute atomic E-state index is 12.7. The summed E-state index contributed by atoms with van der Waals surface area (Å²) in [6.07, 6.45) is -0.563. The third-order valence-corrected chi connectivity index (χ3v) is 5.06. The molecule has 1 saturated heterocycles. The van der Waals surface area contributed by atoms with Gasteiger partial charge >= 0.3 is 0 Å². The number of ether oxygens (including phenoxy) is 1. The lowest BCUT2D eigenvalue weighted by atomic mass is 10.1. The average Bonchev–Trinajstić information content (AvgIpc) is 2.74. The minimum atomic E-state index is -0.563. The third kappa shape index (κ3) is 4.51. The number of nitrogens with two attached hydrogens (primary N) is 1. The molecule has 2 aromatic rings. The maximum atomic E-state index is 12.7. The van der Waals surface area contributed by atoms with Crippen LogP contribution in [0, 0.1) is 6.92 Å². The molecular weight excluding hydrogens is 354 g/mol. The van der Waals surface area contributed by atoms with Crippen LogP contribution in [0.1, 0.15) is 28.4 Å². The molecule has 28 heavy (non-hydrogen) atoms. The van der Waals surface area contributed by atoms with Gasteiger partial charge in [-0.15, -0.1) is 0 Å². The molecule has 3 rings (SSSR count). The van der Waals surface area contributed by atoms with Crippen LogP contribution in [0.15, 0.2) is 48.5 Å². The Bertz CT molecular complexity index is 827. The lowest BCUT2D eigenvalue weighted by molar-refractivity contribution is -0.139. The van der Waals surface area contributed by atoms with Crippen LogP contribution in [0.3, 0.4) is 0 Å². The number of benzene rings is 2. The second-order valence-corrected chi connectivity index (χ2v) is 7.04. The number of hydrogen-bond acceptors (Lipinski definition) is 4. The van der Waals surface area contributed by atoms with Gasteiger partial charge in [0.05, 0.1) is 0 Å². The average molecular weight is 381 g/mol. The fourth-order valence-corrected chi connectivity index (χ4v) is 3.28. The summed E-state index contributed by atoms with van der Waals surface area (Å²) in [4.78, 5) is 28.9. The van der Waals surface area contributed by atoms with Crippen molar-refractivity contribution in [2.24, 2.45) is 5.73 Å². The highest BCUT2D eigenvalue weighted by Gasteiger charge is 2.28.